The summed E-state index contributed by atoms with van der Waals surface area (Å²) < 4.78 is 0. The van der Waals surface area contributed by atoms with Crippen LogP contribution in [0, 0.1) is 5.92 Å². The SMILES string of the molecule is C.CCCCC(C)C1=CC=C(C)CC1. The lowest BCUT2D eigenvalue weighted by Gasteiger charge is -2.18. The highest BCUT2D eigenvalue weighted by Gasteiger charge is 2.10. The average molecular weight is 194 g/mol. The summed E-state index contributed by atoms with van der Waals surface area (Å²) >= 11 is 0. The molecule has 0 amide bonds. The predicted octanol–water partition coefficient (Wildman–Crippen LogP) is 5.12. The van der Waals surface area contributed by atoms with E-state index >= 15 is 0 Å². The minimum Gasteiger partial charge on any atom is -0.0776 e. The Bertz CT molecular complexity index is 208. The van der Waals surface area contributed by atoms with Crippen molar-refractivity contribution in [2.45, 2.75) is 60.3 Å². The molecule has 1 atom stereocenters. The van der Waals surface area contributed by atoms with Crippen LogP contribution < -0.4 is 0 Å². The normalized spacial score (nSPS) is 17.9. The summed E-state index contributed by atoms with van der Waals surface area (Å²) in [6, 6.07) is 0. The minimum atomic E-state index is 0. The summed E-state index contributed by atoms with van der Waals surface area (Å²) in [5, 5.41) is 0. The van der Waals surface area contributed by atoms with E-state index in [-0.39, 0.29) is 7.43 Å². The molecule has 0 heteroatoms. The number of hydrogen-bond donors (Lipinski definition) is 0. The van der Waals surface area contributed by atoms with Crippen molar-refractivity contribution in [2.75, 3.05) is 0 Å². The Kier molecular flexibility index (Phi) is 6.61. The lowest BCUT2D eigenvalue weighted by molar-refractivity contribution is 0.551. The molecule has 14 heavy (non-hydrogen) atoms. The van der Waals surface area contributed by atoms with Crippen LogP contribution in [0.15, 0.2) is 23.3 Å². The quantitative estimate of drug-likeness (QED) is 0.583. The van der Waals surface area contributed by atoms with Crippen LogP contribution >= 0.6 is 0 Å². The van der Waals surface area contributed by atoms with Gasteiger partial charge < -0.3 is 0 Å². The van der Waals surface area contributed by atoms with Crippen LogP contribution in [0.25, 0.3) is 0 Å². The van der Waals surface area contributed by atoms with Crippen LogP contribution in [0.2, 0.25) is 0 Å². The van der Waals surface area contributed by atoms with Crippen molar-refractivity contribution in [3.63, 3.8) is 0 Å². The second-order valence-electron chi connectivity index (χ2n) is 4.30. The second-order valence-corrected chi connectivity index (χ2v) is 4.30. The van der Waals surface area contributed by atoms with E-state index < -0.39 is 0 Å². The van der Waals surface area contributed by atoms with Crippen LogP contribution in [-0.4, -0.2) is 0 Å². The third-order valence-electron chi connectivity index (χ3n) is 3.01. The van der Waals surface area contributed by atoms with E-state index in [9.17, 15) is 0 Å². The van der Waals surface area contributed by atoms with E-state index in [2.05, 4.69) is 32.9 Å². The molecule has 0 aromatic heterocycles. The number of hydrogen-bond acceptors (Lipinski definition) is 0. The molecular weight excluding hydrogens is 168 g/mol. The molecule has 1 aliphatic rings. The molecule has 1 aliphatic carbocycles. The first-order chi connectivity index (χ1) is 6.24. The number of allylic oxidation sites excluding steroid dienone is 4. The molecule has 0 aliphatic heterocycles. The van der Waals surface area contributed by atoms with Crippen LogP contribution in [-0.2, 0) is 0 Å². The molecule has 1 rings (SSSR count). The standard InChI is InChI=1S/C13H22.CH4/c1-4-5-6-12(3)13-9-7-11(2)8-10-13;/h7,9,12H,4-6,8,10H2,1-3H3;1H4. The van der Waals surface area contributed by atoms with Crippen molar-refractivity contribution in [2.24, 2.45) is 5.92 Å². The third-order valence-corrected chi connectivity index (χ3v) is 3.01. The Morgan fingerprint density at radius 3 is 2.50 bits per heavy atom. The van der Waals surface area contributed by atoms with Gasteiger partial charge in [-0.05, 0) is 32.1 Å². The van der Waals surface area contributed by atoms with Crippen molar-refractivity contribution in [3.8, 4) is 0 Å². The van der Waals surface area contributed by atoms with E-state index in [4.69, 9.17) is 0 Å². The van der Waals surface area contributed by atoms with Crippen molar-refractivity contribution in [1.29, 1.82) is 0 Å². The first kappa shape index (κ1) is 13.5. The molecule has 0 saturated heterocycles. The molecule has 0 spiro atoms. The van der Waals surface area contributed by atoms with Crippen LogP contribution in [0.1, 0.15) is 60.3 Å². The van der Waals surface area contributed by atoms with Crippen molar-refractivity contribution in [1.82, 2.24) is 0 Å². The lowest BCUT2D eigenvalue weighted by atomic mass is 9.88. The highest BCUT2D eigenvalue weighted by molar-refractivity contribution is 5.23. The van der Waals surface area contributed by atoms with E-state index in [0.717, 1.165) is 5.92 Å². The zero-order valence-corrected chi connectivity index (χ0v) is 9.27. The summed E-state index contributed by atoms with van der Waals surface area (Å²) in [5.74, 6) is 0.810. The average Bonchev–Trinajstić information content (AvgIpc) is 2.15. The van der Waals surface area contributed by atoms with Crippen LogP contribution in [0.3, 0.4) is 0 Å². The van der Waals surface area contributed by atoms with Crippen LogP contribution in [0.5, 0.6) is 0 Å². The van der Waals surface area contributed by atoms with Crippen molar-refractivity contribution < 1.29 is 0 Å². The van der Waals surface area contributed by atoms with Gasteiger partial charge in [0, 0.05) is 0 Å². The molecule has 0 aromatic rings. The van der Waals surface area contributed by atoms with Crippen molar-refractivity contribution >= 4 is 0 Å². The highest BCUT2D eigenvalue weighted by atomic mass is 14.2. The van der Waals surface area contributed by atoms with E-state index in [0.29, 0.717) is 0 Å². The molecule has 0 bridgehead atoms. The third kappa shape index (κ3) is 4.13. The van der Waals surface area contributed by atoms with Gasteiger partial charge in [-0.1, -0.05) is 57.4 Å². The van der Waals surface area contributed by atoms with Gasteiger partial charge in [-0.2, -0.15) is 0 Å². The fourth-order valence-corrected chi connectivity index (χ4v) is 1.86. The van der Waals surface area contributed by atoms with Gasteiger partial charge in [0.25, 0.3) is 0 Å². The smallest absolute Gasteiger partial charge is 0.0228 e. The molecule has 0 saturated carbocycles. The highest BCUT2D eigenvalue weighted by Crippen LogP contribution is 2.26. The van der Waals surface area contributed by atoms with E-state index in [1.54, 1.807) is 5.57 Å². The molecule has 1 unspecified atom stereocenters. The predicted molar refractivity (Wildman–Crippen MR) is 66.5 cm³/mol. The molecule has 0 fully saturated rings. The van der Waals surface area contributed by atoms with E-state index in [1.807, 2.05) is 0 Å². The number of rotatable bonds is 4. The maximum atomic E-state index is 2.37. The minimum absolute atomic E-state index is 0. The van der Waals surface area contributed by atoms with E-state index in [1.165, 1.54) is 37.7 Å². The Labute approximate surface area is 90.1 Å². The lowest BCUT2D eigenvalue weighted by Crippen LogP contribution is -2.02. The Morgan fingerprint density at radius 1 is 1.29 bits per heavy atom. The van der Waals surface area contributed by atoms with Gasteiger partial charge in [-0.15, -0.1) is 0 Å². The molecule has 82 valence electrons. The molecule has 0 N–H and O–H groups in total. The first-order valence-electron chi connectivity index (χ1n) is 5.60. The fourth-order valence-electron chi connectivity index (χ4n) is 1.86. The zero-order valence-electron chi connectivity index (χ0n) is 9.27. The molecular formula is C14H26. The van der Waals surface area contributed by atoms with Gasteiger partial charge in [0.05, 0.1) is 0 Å². The summed E-state index contributed by atoms with van der Waals surface area (Å²) in [7, 11) is 0. The van der Waals surface area contributed by atoms with Crippen LogP contribution in [0.4, 0.5) is 0 Å². The van der Waals surface area contributed by atoms with Crippen molar-refractivity contribution in [3.05, 3.63) is 23.3 Å². The maximum absolute atomic E-state index is 2.37. The van der Waals surface area contributed by atoms with Gasteiger partial charge in [0.1, 0.15) is 0 Å². The molecule has 0 radical (unpaired) electrons. The topological polar surface area (TPSA) is 0 Å². The number of unbranched alkanes of at least 4 members (excludes halogenated alkanes) is 1. The first-order valence-corrected chi connectivity index (χ1v) is 5.60. The fraction of sp³-hybridized carbons (Fsp3) is 0.714. The Hall–Kier alpha value is -0.520. The second kappa shape index (κ2) is 6.86. The molecule has 0 aromatic carbocycles. The summed E-state index contributed by atoms with van der Waals surface area (Å²) in [6.45, 7) is 6.87. The molecule has 0 heterocycles. The monoisotopic (exact) mass is 194 g/mol. The van der Waals surface area contributed by atoms with Gasteiger partial charge in [-0.3, -0.25) is 0 Å². The maximum Gasteiger partial charge on any atom is -0.0228 e. The van der Waals surface area contributed by atoms with Gasteiger partial charge in [0.15, 0.2) is 0 Å². The molecule has 0 nitrogen and oxygen atoms in total. The Balaban J connectivity index is 0.00000169. The zero-order chi connectivity index (χ0) is 9.68. The summed E-state index contributed by atoms with van der Waals surface area (Å²) in [4.78, 5) is 0. The Morgan fingerprint density at radius 2 is 2.00 bits per heavy atom. The van der Waals surface area contributed by atoms with Gasteiger partial charge in [0.2, 0.25) is 0 Å². The van der Waals surface area contributed by atoms with Gasteiger partial charge >= 0.3 is 0 Å². The summed E-state index contributed by atoms with van der Waals surface area (Å²) in [6.07, 6.45) is 11.3. The summed E-state index contributed by atoms with van der Waals surface area (Å²) in [5.41, 5.74) is 3.20. The largest absolute Gasteiger partial charge is 0.0776 e. The van der Waals surface area contributed by atoms with Gasteiger partial charge in [-0.25, -0.2) is 0 Å².